The van der Waals surface area contributed by atoms with Crippen molar-refractivity contribution in [2.45, 2.75) is 20.3 Å². The van der Waals surface area contributed by atoms with Gasteiger partial charge in [0.15, 0.2) is 18.1 Å². The van der Waals surface area contributed by atoms with Gasteiger partial charge in [-0.05, 0) is 61.2 Å². The number of methoxy groups -OCH3 is 1. The fraction of sp³-hybridized carbons (Fsp3) is 0.261. The van der Waals surface area contributed by atoms with Gasteiger partial charge in [0, 0.05) is 11.3 Å². The van der Waals surface area contributed by atoms with Crippen molar-refractivity contribution in [3.05, 3.63) is 65.2 Å². The third-order valence-corrected chi connectivity index (χ3v) is 4.44. The van der Waals surface area contributed by atoms with Gasteiger partial charge in [0.2, 0.25) is 0 Å². The van der Waals surface area contributed by atoms with E-state index in [9.17, 15) is 9.59 Å². The number of anilines is 1. The highest BCUT2D eigenvalue weighted by atomic mass is 16.5. The first-order valence-corrected chi connectivity index (χ1v) is 9.63. The Balaban J connectivity index is 2.03. The Morgan fingerprint density at radius 3 is 2.61 bits per heavy atom. The Morgan fingerprint density at radius 2 is 1.97 bits per heavy atom. The minimum absolute atomic E-state index is 0.0762. The maximum atomic E-state index is 12.1. The lowest BCUT2D eigenvalue weighted by Crippen LogP contribution is -2.25. The number of amides is 1. The number of carbonyl (C=O) groups is 2. The van der Waals surface area contributed by atoms with Crippen molar-refractivity contribution in [2.24, 2.45) is 5.10 Å². The summed E-state index contributed by atoms with van der Waals surface area (Å²) in [5.41, 5.74) is 7.00. The van der Waals surface area contributed by atoms with Crippen molar-refractivity contribution < 1.29 is 24.2 Å². The summed E-state index contributed by atoms with van der Waals surface area (Å²) >= 11 is 0. The van der Waals surface area contributed by atoms with Crippen molar-refractivity contribution >= 4 is 23.8 Å². The highest BCUT2D eigenvalue weighted by Gasteiger charge is 2.13. The minimum Gasteiger partial charge on any atom is -0.493 e. The van der Waals surface area contributed by atoms with E-state index in [-0.39, 0.29) is 12.5 Å². The smallest absolute Gasteiger partial charge is 0.341 e. The summed E-state index contributed by atoms with van der Waals surface area (Å²) < 4.78 is 10.7. The quantitative estimate of drug-likeness (QED) is 0.290. The molecule has 0 aliphatic heterocycles. The van der Waals surface area contributed by atoms with E-state index < -0.39 is 12.6 Å². The van der Waals surface area contributed by atoms with E-state index in [2.05, 4.69) is 22.4 Å². The van der Waals surface area contributed by atoms with Crippen molar-refractivity contribution in [2.75, 3.05) is 25.6 Å². The molecule has 0 saturated heterocycles. The van der Waals surface area contributed by atoms with Crippen LogP contribution in [0.5, 0.6) is 11.5 Å². The Labute approximate surface area is 181 Å². The predicted octanol–water partition coefficient (Wildman–Crippen LogP) is 3.07. The third-order valence-electron chi connectivity index (χ3n) is 4.44. The highest BCUT2D eigenvalue weighted by molar-refractivity contribution is 5.85. The van der Waals surface area contributed by atoms with Crippen LogP contribution in [0.3, 0.4) is 0 Å². The molecule has 164 valence electrons. The number of hydrogen-bond donors (Lipinski definition) is 3. The zero-order valence-corrected chi connectivity index (χ0v) is 17.9. The number of hydrazone groups is 1. The third kappa shape index (κ3) is 7.18. The summed E-state index contributed by atoms with van der Waals surface area (Å²) in [4.78, 5) is 22.9. The van der Waals surface area contributed by atoms with Crippen LogP contribution >= 0.6 is 0 Å². The first-order chi connectivity index (χ1) is 14.8. The number of benzene rings is 2. The summed E-state index contributed by atoms with van der Waals surface area (Å²) in [6.07, 6.45) is 3.59. The molecule has 0 fully saturated rings. The molecule has 0 spiro atoms. The van der Waals surface area contributed by atoms with Crippen molar-refractivity contribution in [1.82, 2.24) is 5.43 Å². The number of allylic oxidation sites excluding steroid dienone is 1. The molecule has 8 nitrogen and oxygen atoms in total. The molecule has 0 radical (unpaired) electrons. The van der Waals surface area contributed by atoms with Crippen LogP contribution in [0, 0.1) is 13.8 Å². The second-order valence-electron chi connectivity index (χ2n) is 6.83. The summed E-state index contributed by atoms with van der Waals surface area (Å²) in [5.74, 6) is -0.683. The number of nitrogens with zero attached hydrogens (tertiary/aromatic N) is 1. The van der Waals surface area contributed by atoms with Gasteiger partial charge < -0.3 is 19.9 Å². The zero-order valence-electron chi connectivity index (χ0n) is 17.9. The largest absolute Gasteiger partial charge is 0.493 e. The van der Waals surface area contributed by atoms with Crippen LogP contribution in [0.1, 0.15) is 22.3 Å². The molecule has 1 amide bonds. The van der Waals surface area contributed by atoms with E-state index in [1.54, 1.807) is 18.2 Å². The molecule has 2 aromatic carbocycles. The molecular weight excluding hydrogens is 398 g/mol. The van der Waals surface area contributed by atoms with Crippen LogP contribution < -0.4 is 20.2 Å². The molecule has 0 bridgehead atoms. The molecule has 0 saturated carbocycles. The van der Waals surface area contributed by atoms with Gasteiger partial charge in [-0.2, -0.15) is 5.10 Å². The number of rotatable bonds is 11. The molecule has 0 unspecified atom stereocenters. The van der Waals surface area contributed by atoms with Crippen LogP contribution in [0.25, 0.3) is 0 Å². The SMILES string of the molecule is C=CCc1cc(/C=N\NC(=O)CNc2ccc(C)c(C)c2)cc(OC)c1OCC(=O)O. The average molecular weight is 425 g/mol. The average Bonchev–Trinajstić information content (AvgIpc) is 2.73. The standard InChI is InChI=1S/C23H27N3O5/c1-5-6-18-10-17(11-20(30-4)23(18)31-14-22(28)29)12-25-26-21(27)13-24-19-8-7-15(2)16(3)9-19/h5,7-12,24H,1,6,13-14H2,2-4H3,(H,26,27)(H,28,29)/b25-12-. The maximum absolute atomic E-state index is 12.1. The topological polar surface area (TPSA) is 109 Å². The molecule has 0 heterocycles. The van der Waals surface area contributed by atoms with Crippen molar-refractivity contribution in [3.8, 4) is 11.5 Å². The number of ether oxygens (including phenoxy) is 2. The lowest BCUT2D eigenvalue weighted by atomic mass is 10.1. The van der Waals surface area contributed by atoms with Gasteiger partial charge in [-0.15, -0.1) is 6.58 Å². The van der Waals surface area contributed by atoms with Gasteiger partial charge in [0.25, 0.3) is 5.91 Å². The number of aliphatic carboxylic acids is 1. The Kier molecular flexibility index (Phi) is 8.63. The second-order valence-corrected chi connectivity index (χ2v) is 6.83. The van der Waals surface area contributed by atoms with Crippen molar-refractivity contribution in [1.29, 1.82) is 0 Å². The molecule has 8 heteroatoms. The fourth-order valence-corrected chi connectivity index (χ4v) is 2.77. The van der Waals surface area contributed by atoms with Gasteiger partial charge in [-0.3, -0.25) is 4.79 Å². The monoisotopic (exact) mass is 425 g/mol. The van der Waals surface area contributed by atoms with Crippen LogP contribution in [-0.4, -0.2) is 43.5 Å². The predicted molar refractivity (Wildman–Crippen MR) is 120 cm³/mol. The molecular formula is C23H27N3O5. The Morgan fingerprint density at radius 1 is 1.19 bits per heavy atom. The van der Waals surface area contributed by atoms with Gasteiger partial charge in [-0.1, -0.05) is 12.1 Å². The molecule has 0 aromatic heterocycles. The van der Waals surface area contributed by atoms with Crippen LogP contribution in [0.15, 0.2) is 48.1 Å². The maximum Gasteiger partial charge on any atom is 0.341 e. The normalized spacial score (nSPS) is 10.5. The summed E-state index contributed by atoms with van der Waals surface area (Å²) in [6, 6.07) is 9.30. The zero-order chi connectivity index (χ0) is 22.8. The van der Waals surface area contributed by atoms with Crippen LogP contribution in [-0.2, 0) is 16.0 Å². The van der Waals surface area contributed by atoms with Crippen molar-refractivity contribution in [3.63, 3.8) is 0 Å². The molecule has 31 heavy (non-hydrogen) atoms. The van der Waals surface area contributed by atoms with E-state index in [0.717, 1.165) is 11.3 Å². The Hall–Kier alpha value is -3.81. The van der Waals surface area contributed by atoms with E-state index in [1.807, 2.05) is 32.0 Å². The molecule has 2 aromatic rings. The minimum atomic E-state index is -1.09. The number of carboxylic acids is 1. The molecule has 0 aliphatic carbocycles. The fourth-order valence-electron chi connectivity index (χ4n) is 2.77. The number of nitrogens with one attached hydrogen (secondary N) is 2. The summed E-state index contributed by atoms with van der Waals surface area (Å²) in [6.45, 7) is 7.34. The second kappa shape index (κ2) is 11.4. The van der Waals surface area contributed by atoms with E-state index in [4.69, 9.17) is 14.6 Å². The van der Waals surface area contributed by atoms with Gasteiger partial charge in [0.1, 0.15) is 0 Å². The first-order valence-electron chi connectivity index (χ1n) is 9.63. The Bertz CT molecular complexity index is 985. The summed E-state index contributed by atoms with van der Waals surface area (Å²) in [5, 5.41) is 15.9. The highest BCUT2D eigenvalue weighted by Crippen LogP contribution is 2.33. The lowest BCUT2D eigenvalue weighted by molar-refractivity contribution is -0.139. The van der Waals surface area contributed by atoms with E-state index in [0.29, 0.717) is 29.0 Å². The van der Waals surface area contributed by atoms with Gasteiger partial charge >= 0.3 is 5.97 Å². The molecule has 0 atom stereocenters. The molecule has 0 aliphatic rings. The van der Waals surface area contributed by atoms with Gasteiger partial charge in [0.05, 0.1) is 19.9 Å². The first kappa shape index (κ1) is 23.5. The van der Waals surface area contributed by atoms with Crippen LogP contribution in [0.2, 0.25) is 0 Å². The molecule has 2 rings (SSSR count). The van der Waals surface area contributed by atoms with E-state index in [1.165, 1.54) is 18.9 Å². The lowest BCUT2D eigenvalue weighted by Gasteiger charge is -2.14. The molecule has 3 N–H and O–H groups in total. The number of carboxylic acid groups (broad SMARTS) is 1. The number of carbonyl (C=O) groups excluding carboxylic acids is 1. The summed E-state index contributed by atoms with van der Waals surface area (Å²) in [7, 11) is 1.46. The van der Waals surface area contributed by atoms with Gasteiger partial charge in [-0.25, -0.2) is 10.2 Å². The number of aryl methyl sites for hydroxylation is 2. The van der Waals surface area contributed by atoms with Crippen LogP contribution in [0.4, 0.5) is 5.69 Å². The number of hydrogen-bond acceptors (Lipinski definition) is 6. The van der Waals surface area contributed by atoms with E-state index >= 15 is 0 Å².